The molecule has 5 nitrogen and oxygen atoms in total. The van der Waals surface area contributed by atoms with Gasteiger partial charge in [0.15, 0.2) is 0 Å². The fourth-order valence-electron chi connectivity index (χ4n) is 2.77. The Morgan fingerprint density at radius 2 is 1.68 bits per heavy atom. The van der Waals surface area contributed by atoms with Crippen molar-refractivity contribution < 1.29 is 14.3 Å². The number of thiol groups is 1. The third-order valence-electron chi connectivity index (χ3n) is 4.04. The van der Waals surface area contributed by atoms with Gasteiger partial charge in [0.25, 0.3) is 0 Å². The monoisotopic (exact) mass is 446 g/mol. The van der Waals surface area contributed by atoms with Crippen molar-refractivity contribution in [2.45, 2.75) is 66.0 Å². The van der Waals surface area contributed by atoms with Crippen LogP contribution in [0.5, 0.6) is 0 Å². The van der Waals surface area contributed by atoms with Gasteiger partial charge < -0.3 is 15.4 Å². The first-order chi connectivity index (χ1) is 14.8. The molecule has 0 saturated carbocycles. The zero-order valence-electron chi connectivity index (χ0n) is 19.9. The molecule has 0 bridgehead atoms. The molecule has 0 aromatic heterocycles. The molecule has 172 valence electrons. The summed E-state index contributed by atoms with van der Waals surface area (Å²) in [5, 5.41) is 5.61. The van der Waals surface area contributed by atoms with Crippen LogP contribution in [-0.2, 0) is 16.0 Å². The van der Waals surface area contributed by atoms with E-state index in [-0.39, 0.29) is 6.04 Å². The van der Waals surface area contributed by atoms with Gasteiger partial charge in [0.2, 0.25) is 6.41 Å². The highest BCUT2D eigenvalue weighted by atomic mass is 32.1. The van der Waals surface area contributed by atoms with Crippen LogP contribution in [0.15, 0.2) is 48.5 Å². The van der Waals surface area contributed by atoms with Gasteiger partial charge in [-0.15, -0.1) is 0 Å². The van der Waals surface area contributed by atoms with Crippen LogP contribution in [0.3, 0.4) is 0 Å². The van der Waals surface area contributed by atoms with Gasteiger partial charge in [-0.1, -0.05) is 50.2 Å². The fraction of sp³-hybridized carbons (Fsp3) is 0.440. The number of amides is 2. The highest BCUT2D eigenvalue weighted by Crippen LogP contribution is 2.26. The first-order valence-electron chi connectivity index (χ1n) is 10.6. The van der Waals surface area contributed by atoms with E-state index in [2.05, 4.69) is 41.5 Å². The number of alkyl carbamates (subject to hydrolysis) is 1. The lowest BCUT2D eigenvalue weighted by molar-refractivity contribution is -0.105. The van der Waals surface area contributed by atoms with Crippen LogP contribution in [0.25, 0.3) is 11.1 Å². The number of hydrogen-bond donors (Lipinski definition) is 3. The van der Waals surface area contributed by atoms with Gasteiger partial charge in [0, 0.05) is 11.7 Å². The molecule has 0 fully saturated rings. The second kappa shape index (κ2) is 15.3. The average molecular weight is 447 g/mol. The molecule has 0 aliphatic heterocycles. The van der Waals surface area contributed by atoms with E-state index in [9.17, 15) is 9.59 Å². The maximum atomic E-state index is 11.9. The lowest BCUT2D eigenvalue weighted by Gasteiger charge is -2.22. The maximum Gasteiger partial charge on any atom is 0.407 e. The largest absolute Gasteiger partial charge is 0.444 e. The summed E-state index contributed by atoms with van der Waals surface area (Å²) in [7, 11) is 0. The van der Waals surface area contributed by atoms with Crippen LogP contribution in [0.2, 0.25) is 0 Å². The van der Waals surface area contributed by atoms with Crippen molar-refractivity contribution in [1.29, 1.82) is 0 Å². The smallest absolute Gasteiger partial charge is 0.407 e. The molecular formula is C25H38N2O3S. The molecule has 2 aromatic carbocycles. The summed E-state index contributed by atoms with van der Waals surface area (Å²) in [4.78, 5) is 22.8. The fourth-order valence-corrected chi connectivity index (χ4v) is 2.77. The molecule has 0 saturated heterocycles. The van der Waals surface area contributed by atoms with Crippen molar-refractivity contribution in [1.82, 2.24) is 5.32 Å². The summed E-state index contributed by atoms with van der Waals surface area (Å²) in [6.07, 6.45) is 3.40. The molecule has 2 rings (SSSR count). The minimum atomic E-state index is -0.519. The second-order valence-corrected chi connectivity index (χ2v) is 7.59. The van der Waals surface area contributed by atoms with Crippen molar-refractivity contribution in [3.8, 4) is 11.1 Å². The molecule has 0 aliphatic carbocycles. The van der Waals surface area contributed by atoms with Gasteiger partial charge in [-0.25, -0.2) is 4.79 Å². The summed E-state index contributed by atoms with van der Waals surface area (Å²) in [6.45, 7) is 11.5. The minimum absolute atomic E-state index is 0.0516. The Labute approximate surface area is 193 Å². The number of carbonyl (C=O) groups is 2. The number of ether oxygens (including phenoxy) is 1. The first kappa shape index (κ1) is 28.5. The molecule has 1 atom stereocenters. The molecule has 0 spiro atoms. The predicted octanol–water partition coefficient (Wildman–Crippen LogP) is 6.34. The van der Waals surface area contributed by atoms with Gasteiger partial charge in [-0.2, -0.15) is 12.6 Å². The third kappa shape index (κ3) is 11.5. The predicted molar refractivity (Wildman–Crippen MR) is 135 cm³/mol. The lowest BCUT2D eigenvalue weighted by atomic mass is 9.98. The zero-order chi connectivity index (χ0) is 23.9. The van der Waals surface area contributed by atoms with E-state index in [4.69, 9.17) is 4.74 Å². The van der Waals surface area contributed by atoms with Gasteiger partial charge in [0.05, 0.1) is 0 Å². The number of anilines is 1. The summed E-state index contributed by atoms with van der Waals surface area (Å²) < 4.78 is 5.29. The molecule has 0 radical (unpaired) electrons. The van der Waals surface area contributed by atoms with Crippen LogP contribution < -0.4 is 10.6 Å². The Morgan fingerprint density at radius 3 is 2.23 bits per heavy atom. The van der Waals surface area contributed by atoms with E-state index in [1.54, 1.807) is 6.26 Å². The van der Waals surface area contributed by atoms with E-state index >= 15 is 0 Å². The van der Waals surface area contributed by atoms with E-state index in [1.165, 1.54) is 0 Å². The summed E-state index contributed by atoms with van der Waals surface area (Å²) >= 11 is 3.53. The Bertz CT molecular complexity index is 774. The lowest BCUT2D eigenvalue weighted by Crippen LogP contribution is -2.37. The highest BCUT2D eigenvalue weighted by Gasteiger charge is 2.18. The number of benzene rings is 2. The summed E-state index contributed by atoms with van der Waals surface area (Å²) in [6, 6.07) is 16.0. The van der Waals surface area contributed by atoms with Crippen molar-refractivity contribution in [3.63, 3.8) is 0 Å². The van der Waals surface area contributed by atoms with E-state index in [0.717, 1.165) is 28.8 Å². The van der Waals surface area contributed by atoms with Crippen LogP contribution in [0.1, 0.15) is 53.5 Å². The number of carbonyl (C=O) groups excluding carboxylic acids is 2. The van der Waals surface area contributed by atoms with Gasteiger partial charge in [0.1, 0.15) is 5.60 Å². The quantitative estimate of drug-likeness (QED) is 0.343. The highest BCUT2D eigenvalue weighted by molar-refractivity contribution is 7.79. The zero-order valence-corrected chi connectivity index (χ0v) is 20.8. The van der Waals surface area contributed by atoms with Gasteiger partial charge in [-0.3, -0.25) is 4.79 Å². The first-order valence-corrected chi connectivity index (χ1v) is 11.5. The van der Waals surface area contributed by atoms with Crippen molar-refractivity contribution in [2.75, 3.05) is 11.6 Å². The molecule has 1 unspecified atom stereocenters. The van der Waals surface area contributed by atoms with Crippen LogP contribution >= 0.6 is 12.6 Å². The second-order valence-electron chi connectivity index (χ2n) is 7.59. The summed E-state index contributed by atoms with van der Waals surface area (Å²) in [5.41, 5.74) is 3.51. The standard InChI is InChI=1S/C22H28N2O3.C2H6.CH4S/c1-16(24-21(26)27-22(2,3)4)10-11-19-14-18(12-13-20(19)23-15-25)17-8-6-5-7-9-17;2*1-2/h5-9,12-16H,10-11H2,1-4H3,(H,23,25)(H,24,26);1-2H3;2H,1H3. The summed E-state index contributed by atoms with van der Waals surface area (Å²) in [5.74, 6) is 0. The third-order valence-corrected chi connectivity index (χ3v) is 4.04. The molecule has 0 aliphatic rings. The molecule has 2 aromatic rings. The van der Waals surface area contributed by atoms with Crippen LogP contribution in [-0.4, -0.2) is 30.4 Å². The van der Waals surface area contributed by atoms with E-state index in [1.807, 2.05) is 71.9 Å². The maximum absolute atomic E-state index is 11.9. The number of aryl methyl sites for hydroxylation is 1. The molecule has 2 N–H and O–H groups in total. The van der Waals surface area contributed by atoms with Crippen molar-refractivity contribution in [3.05, 3.63) is 54.1 Å². The Hall–Kier alpha value is -2.47. The van der Waals surface area contributed by atoms with Crippen LogP contribution in [0, 0.1) is 0 Å². The van der Waals surface area contributed by atoms with Crippen molar-refractivity contribution >= 4 is 30.8 Å². The van der Waals surface area contributed by atoms with E-state index < -0.39 is 11.7 Å². The Morgan fingerprint density at radius 1 is 1.06 bits per heavy atom. The Kier molecular flexibility index (Phi) is 14.1. The topological polar surface area (TPSA) is 67.4 Å². The minimum Gasteiger partial charge on any atom is -0.444 e. The normalized spacial score (nSPS) is 11.0. The number of hydrogen-bond acceptors (Lipinski definition) is 4. The number of nitrogens with one attached hydrogen (secondary N) is 2. The van der Waals surface area contributed by atoms with Crippen molar-refractivity contribution in [2.24, 2.45) is 0 Å². The van der Waals surface area contributed by atoms with Gasteiger partial charge >= 0.3 is 6.09 Å². The average Bonchev–Trinajstić information content (AvgIpc) is 2.75. The SMILES string of the molecule is CC.CC(CCc1cc(-c2ccccc2)ccc1NC=O)NC(=O)OC(C)(C)C.CS. The molecule has 0 heterocycles. The van der Waals surface area contributed by atoms with E-state index in [0.29, 0.717) is 12.8 Å². The molecular weight excluding hydrogens is 408 g/mol. The van der Waals surface area contributed by atoms with Crippen LogP contribution in [0.4, 0.5) is 10.5 Å². The molecule has 2 amide bonds. The molecule has 31 heavy (non-hydrogen) atoms. The molecule has 6 heteroatoms. The van der Waals surface area contributed by atoms with Gasteiger partial charge in [-0.05, 0) is 75.6 Å². The number of rotatable bonds is 7. The Balaban J connectivity index is 0.00000212.